The fourth-order valence-corrected chi connectivity index (χ4v) is 1.69. The summed E-state index contributed by atoms with van der Waals surface area (Å²) in [5, 5.41) is 0. The molecule has 0 bridgehead atoms. The van der Waals surface area contributed by atoms with Gasteiger partial charge in [0.25, 0.3) is 0 Å². The lowest BCUT2D eigenvalue weighted by Gasteiger charge is -2.03. The van der Waals surface area contributed by atoms with Crippen molar-refractivity contribution in [3.8, 4) is 5.75 Å². The van der Waals surface area contributed by atoms with E-state index in [1.54, 1.807) is 0 Å². The lowest BCUT2D eigenvalue weighted by molar-refractivity contribution is 0.328. The Morgan fingerprint density at radius 3 is 3.07 bits per heavy atom. The zero-order chi connectivity index (χ0) is 10.8. The summed E-state index contributed by atoms with van der Waals surface area (Å²) in [7, 11) is 1.93. The smallest absolute Gasteiger partial charge is 0.177 e. The predicted molar refractivity (Wildman–Crippen MR) is 62.7 cm³/mol. The fraction of sp³-hybridized carbons (Fsp3) is 0.300. The van der Waals surface area contributed by atoms with Crippen molar-refractivity contribution in [2.24, 2.45) is 12.8 Å². The standard InChI is InChI=1S/C10H13N3OS/c1-13-9-3-2-7(14-5-4-11)6-8(9)12-10(13)15/h2-3,6H,4-5,11H2,1H3,(H,12,15). The second kappa shape index (κ2) is 4.04. The molecule has 1 aromatic carbocycles. The Balaban J connectivity index is 2.43. The van der Waals surface area contributed by atoms with Gasteiger partial charge in [-0.25, -0.2) is 0 Å². The van der Waals surface area contributed by atoms with Gasteiger partial charge in [-0.05, 0) is 24.4 Å². The van der Waals surface area contributed by atoms with Crippen LogP contribution in [0.4, 0.5) is 0 Å². The van der Waals surface area contributed by atoms with Crippen molar-refractivity contribution >= 4 is 23.3 Å². The molecular formula is C10H13N3OS. The van der Waals surface area contributed by atoms with E-state index in [4.69, 9.17) is 22.7 Å². The number of hydrogen-bond donors (Lipinski definition) is 2. The molecule has 0 aliphatic carbocycles. The maximum Gasteiger partial charge on any atom is 0.177 e. The summed E-state index contributed by atoms with van der Waals surface area (Å²) >= 11 is 5.13. The maximum atomic E-state index is 5.42. The van der Waals surface area contributed by atoms with Crippen LogP contribution in [0.25, 0.3) is 11.0 Å². The van der Waals surface area contributed by atoms with E-state index in [9.17, 15) is 0 Å². The normalized spacial score (nSPS) is 10.8. The molecule has 4 nitrogen and oxygen atoms in total. The number of hydrogen-bond acceptors (Lipinski definition) is 3. The zero-order valence-corrected chi connectivity index (χ0v) is 9.30. The number of H-pyrrole nitrogens is 1. The number of rotatable bonds is 3. The average Bonchev–Trinajstić information content (AvgIpc) is 2.52. The molecule has 2 rings (SSSR count). The summed E-state index contributed by atoms with van der Waals surface area (Å²) in [5.74, 6) is 0.810. The molecule has 0 radical (unpaired) electrons. The monoisotopic (exact) mass is 223 g/mol. The molecule has 0 spiro atoms. The van der Waals surface area contributed by atoms with Crippen molar-refractivity contribution in [2.75, 3.05) is 13.2 Å². The Bertz CT molecular complexity index is 529. The van der Waals surface area contributed by atoms with Gasteiger partial charge in [-0.15, -0.1) is 0 Å². The minimum Gasteiger partial charge on any atom is -0.492 e. The minimum absolute atomic E-state index is 0.517. The van der Waals surface area contributed by atoms with Crippen molar-refractivity contribution in [2.45, 2.75) is 0 Å². The van der Waals surface area contributed by atoms with Gasteiger partial charge in [0.1, 0.15) is 12.4 Å². The molecule has 0 atom stereocenters. The van der Waals surface area contributed by atoms with Crippen LogP contribution in [0.2, 0.25) is 0 Å². The molecule has 5 heteroatoms. The van der Waals surface area contributed by atoms with E-state index in [1.807, 2.05) is 29.8 Å². The molecule has 80 valence electrons. The number of fused-ring (bicyclic) bond motifs is 1. The number of aromatic nitrogens is 2. The maximum absolute atomic E-state index is 5.42. The predicted octanol–water partition coefficient (Wildman–Crippen LogP) is 1.57. The largest absolute Gasteiger partial charge is 0.492 e. The van der Waals surface area contributed by atoms with Gasteiger partial charge in [0.05, 0.1) is 11.0 Å². The van der Waals surface area contributed by atoms with Gasteiger partial charge in [0.15, 0.2) is 4.77 Å². The molecule has 0 saturated carbocycles. The molecule has 15 heavy (non-hydrogen) atoms. The van der Waals surface area contributed by atoms with Crippen LogP contribution in [0.3, 0.4) is 0 Å². The first-order valence-electron chi connectivity index (χ1n) is 4.74. The lowest BCUT2D eigenvalue weighted by atomic mass is 10.3. The molecular weight excluding hydrogens is 210 g/mol. The number of nitrogens with one attached hydrogen (secondary N) is 1. The van der Waals surface area contributed by atoms with E-state index in [0.29, 0.717) is 17.9 Å². The number of ether oxygens (including phenoxy) is 1. The first-order chi connectivity index (χ1) is 7.22. The zero-order valence-electron chi connectivity index (χ0n) is 8.49. The Labute approximate surface area is 92.7 Å². The molecule has 0 aliphatic heterocycles. The number of nitrogens with zero attached hydrogens (tertiary/aromatic N) is 1. The number of aryl methyl sites for hydroxylation is 1. The first kappa shape index (κ1) is 10.2. The molecule has 3 N–H and O–H groups in total. The van der Waals surface area contributed by atoms with E-state index in [1.165, 1.54) is 0 Å². The topological polar surface area (TPSA) is 56.0 Å². The van der Waals surface area contributed by atoms with Crippen molar-refractivity contribution in [1.82, 2.24) is 9.55 Å². The summed E-state index contributed by atoms with van der Waals surface area (Å²) < 4.78 is 8.06. The van der Waals surface area contributed by atoms with Crippen molar-refractivity contribution in [3.05, 3.63) is 23.0 Å². The molecule has 0 amide bonds. The van der Waals surface area contributed by atoms with Crippen molar-refractivity contribution in [1.29, 1.82) is 0 Å². The second-order valence-corrected chi connectivity index (χ2v) is 3.69. The highest BCUT2D eigenvalue weighted by Crippen LogP contribution is 2.19. The highest BCUT2D eigenvalue weighted by molar-refractivity contribution is 7.71. The van der Waals surface area contributed by atoms with Crippen LogP contribution in [0.15, 0.2) is 18.2 Å². The molecule has 0 unspecified atom stereocenters. The van der Waals surface area contributed by atoms with Gasteiger partial charge in [-0.3, -0.25) is 0 Å². The summed E-state index contributed by atoms with van der Waals surface area (Å²) in [6, 6.07) is 5.83. The fourth-order valence-electron chi connectivity index (χ4n) is 1.48. The van der Waals surface area contributed by atoms with Gasteiger partial charge in [-0.2, -0.15) is 0 Å². The van der Waals surface area contributed by atoms with E-state index in [-0.39, 0.29) is 0 Å². The lowest BCUT2D eigenvalue weighted by Crippen LogP contribution is -2.10. The Morgan fingerprint density at radius 2 is 2.33 bits per heavy atom. The van der Waals surface area contributed by atoms with Crippen LogP contribution >= 0.6 is 12.2 Å². The molecule has 0 aliphatic rings. The molecule has 1 heterocycles. The summed E-state index contributed by atoms with van der Waals surface area (Å²) in [6.07, 6.45) is 0. The van der Waals surface area contributed by atoms with Gasteiger partial charge in [-0.1, -0.05) is 0 Å². The van der Waals surface area contributed by atoms with Gasteiger partial charge in [0.2, 0.25) is 0 Å². The summed E-state index contributed by atoms with van der Waals surface area (Å²) in [4.78, 5) is 3.11. The number of imidazole rings is 1. The average molecular weight is 223 g/mol. The Morgan fingerprint density at radius 1 is 1.53 bits per heavy atom. The third-order valence-electron chi connectivity index (χ3n) is 2.26. The Hall–Kier alpha value is -1.33. The molecule has 0 saturated heterocycles. The van der Waals surface area contributed by atoms with E-state index >= 15 is 0 Å². The minimum atomic E-state index is 0.517. The van der Waals surface area contributed by atoms with E-state index in [2.05, 4.69) is 4.98 Å². The number of nitrogens with two attached hydrogens (primary N) is 1. The molecule has 1 aromatic heterocycles. The van der Waals surface area contributed by atoms with Crippen LogP contribution in [-0.2, 0) is 7.05 Å². The van der Waals surface area contributed by atoms with Crippen LogP contribution < -0.4 is 10.5 Å². The van der Waals surface area contributed by atoms with Crippen LogP contribution in [0.1, 0.15) is 0 Å². The molecule has 2 aromatic rings. The SMILES string of the molecule is Cn1c(=S)[nH]c2cc(OCCN)ccc21. The second-order valence-electron chi connectivity index (χ2n) is 3.31. The number of benzene rings is 1. The number of aromatic amines is 1. The van der Waals surface area contributed by atoms with Crippen LogP contribution in [0.5, 0.6) is 5.75 Å². The van der Waals surface area contributed by atoms with Crippen LogP contribution in [-0.4, -0.2) is 22.7 Å². The highest BCUT2D eigenvalue weighted by Gasteiger charge is 2.02. The van der Waals surface area contributed by atoms with Gasteiger partial charge < -0.3 is 20.0 Å². The summed E-state index contributed by atoms with van der Waals surface area (Å²) in [5.41, 5.74) is 7.42. The van der Waals surface area contributed by atoms with Crippen LogP contribution in [0, 0.1) is 4.77 Å². The molecule has 0 fully saturated rings. The third-order valence-corrected chi connectivity index (χ3v) is 2.64. The van der Waals surface area contributed by atoms with Crippen molar-refractivity contribution in [3.63, 3.8) is 0 Å². The van der Waals surface area contributed by atoms with E-state index < -0.39 is 0 Å². The van der Waals surface area contributed by atoms with Gasteiger partial charge >= 0.3 is 0 Å². The Kier molecular flexibility index (Phi) is 2.75. The van der Waals surface area contributed by atoms with E-state index in [0.717, 1.165) is 16.8 Å². The van der Waals surface area contributed by atoms with Crippen molar-refractivity contribution < 1.29 is 4.74 Å². The third kappa shape index (κ3) is 1.88. The summed E-state index contributed by atoms with van der Waals surface area (Å²) in [6.45, 7) is 1.04. The van der Waals surface area contributed by atoms with Gasteiger partial charge in [0, 0.05) is 19.7 Å². The highest BCUT2D eigenvalue weighted by atomic mass is 32.1. The quantitative estimate of drug-likeness (QED) is 0.777. The first-order valence-corrected chi connectivity index (χ1v) is 5.15.